The monoisotopic (exact) mass is 649 g/mol. The van der Waals surface area contributed by atoms with Gasteiger partial charge in [-0.05, 0) is 85.6 Å². The first-order valence-corrected chi connectivity index (χ1v) is 14.2. The van der Waals surface area contributed by atoms with Crippen LogP contribution in [0.25, 0.3) is 10.2 Å². The van der Waals surface area contributed by atoms with Crippen LogP contribution < -0.4 is 10.1 Å². The molecule has 1 unspecified atom stereocenters. The molecule has 0 fully saturated rings. The second-order valence-electron chi connectivity index (χ2n) is 10.2. The number of aromatic nitrogens is 1. The van der Waals surface area contributed by atoms with Gasteiger partial charge in [0.1, 0.15) is 23.2 Å². The molecule has 210 valence electrons. The molecule has 1 N–H and O–H groups in total. The highest BCUT2D eigenvalue weighted by atomic mass is 79.9. The molecule has 2 amide bonds. The molecule has 0 saturated heterocycles. The number of hydrogen-bond donors (Lipinski definition) is 1. The third kappa shape index (κ3) is 6.45. The van der Waals surface area contributed by atoms with Gasteiger partial charge >= 0.3 is 0 Å². The van der Waals surface area contributed by atoms with Crippen molar-refractivity contribution in [2.45, 2.75) is 45.8 Å². The zero-order valence-electron chi connectivity index (χ0n) is 22.4. The normalized spacial score (nSPS) is 12.3. The fourth-order valence-electron chi connectivity index (χ4n) is 4.28. The number of aryl methyl sites for hydroxylation is 1. The van der Waals surface area contributed by atoms with Crippen molar-refractivity contribution in [3.8, 4) is 5.75 Å². The minimum Gasteiger partial charge on any atom is -0.497 e. The average Bonchev–Trinajstić information content (AvgIpc) is 3.24. The van der Waals surface area contributed by atoms with Gasteiger partial charge in [-0.3, -0.25) is 9.59 Å². The lowest BCUT2D eigenvalue weighted by Gasteiger charge is -2.34. The fourth-order valence-corrected chi connectivity index (χ4v) is 5.96. The van der Waals surface area contributed by atoms with Crippen LogP contribution in [0.1, 0.15) is 53.3 Å². The van der Waals surface area contributed by atoms with E-state index >= 15 is 4.39 Å². The number of benzene rings is 3. The number of hydrogen-bond acceptors (Lipinski definition) is 5. The van der Waals surface area contributed by atoms with Crippen LogP contribution in [0, 0.1) is 18.6 Å². The van der Waals surface area contributed by atoms with Crippen molar-refractivity contribution >= 4 is 60.9 Å². The van der Waals surface area contributed by atoms with Crippen LogP contribution in [0.5, 0.6) is 5.75 Å². The number of ether oxygens (including phenoxy) is 1. The largest absolute Gasteiger partial charge is 0.497 e. The summed E-state index contributed by atoms with van der Waals surface area (Å²) in [7, 11) is 1.53. The lowest BCUT2D eigenvalue weighted by molar-refractivity contribution is -0.127. The Hall–Kier alpha value is -3.08. The molecule has 4 rings (SSSR count). The number of amides is 2. The molecule has 0 bridgehead atoms. The van der Waals surface area contributed by atoms with Crippen LogP contribution in [0.15, 0.2) is 53.0 Å². The Morgan fingerprint density at radius 1 is 1.15 bits per heavy atom. The maximum Gasteiger partial charge on any atom is 0.260 e. The number of halogens is 4. The molecule has 1 aromatic heterocycles. The van der Waals surface area contributed by atoms with Gasteiger partial charge in [-0.1, -0.05) is 23.7 Å². The molecular formula is C29H27BrClF2N3O3S. The summed E-state index contributed by atoms with van der Waals surface area (Å²) in [5, 5.41) is 3.59. The maximum atomic E-state index is 15.7. The van der Waals surface area contributed by atoms with Crippen LogP contribution in [0.4, 0.5) is 8.78 Å². The van der Waals surface area contributed by atoms with Gasteiger partial charge in [0.2, 0.25) is 5.91 Å². The van der Waals surface area contributed by atoms with Crippen molar-refractivity contribution in [2.24, 2.45) is 0 Å². The molecular weight excluding hydrogens is 624 g/mol. The second-order valence-corrected chi connectivity index (χ2v) is 12.7. The summed E-state index contributed by atoms with van der Waals surface area (Å²) in [5.74, 6) is -2.28. The van der Waals surface area contributed by atoms with Crippen molar-refractivity contribution in [2.75, 3.05) is 7.11 Å². The number of thiazole rings is 1. The van der Waals surface area contributed by atoms with Crippen molar-refractivity contribution in [1.29, 1.82) is 0 Å². The summed E-state index contributed by atoms with van der Waals surface area (Å²) in [4.78, 5) is 33.9. The molecule has 6 nitrogen and oxygen atoms in total. The summed E-state index contributed by atoms with van der Waals surface area (Å²) in [5.41, 5.74) is -0.149. The summed E-state index contributed by atoms with van der Waals surface area (Å²) in [6.07, 6.45) is 0. The molecule has 0 saturated carbocycles. The second kappa shape index (κ2) is 11.8. The number of nitrogens with zero attached hydrogens (tertiary/aromatic N) is 2. The first-order valence-electron chi connectivity index (χ1n) is 12.2. The highest BCUT2D eigenvalue weighted by Crippen LogP contribution is 2.36. The molecule has 11 heteroatoms. The molecule has 0 aliphatic heterocycles. The van der Waals surface area contributed by atoms with Gasteiger partial charge in [0.25, 0.3) is 5.91 Å². The zero-order valence-corrected chi connectivity index (χ0v) is 25.6. The Kier molecular flexibility index (Phi) is 8.82. The van der Waals surface area contributed by atoms with E-state index in [-0.39, 0.29) is 32.7 Å². The van der Waals surface area contributed by atoms with E-state index in [0.717, 1.165) is 12.1 Å². The summed E-state index contributed by atoms with van der Waals surface area (Å²) in [6.45, 7) is 6.96. The Morgan fingerprint density at radius 3 is 2.45 bits per heavy atom. The standard InChI is InChI=1S/C29H27BrClF2N3O3S/c1-15-34-25-22(40-15)13-20(30)24(33)23(25)28(38)36(14-16-6-9-18(39-5)10-7-16)26(27(37)35-29(2,3)4)19-12-17(32)8-11-21(19)31/h6-13,26H,14H2,1-5H3,(H,35,37). The van der Waals surface area contributed by atoms with Gasteiger partial charge in [-0.25, -0.2) is 13.8 Å². The van der Waals surface area contributed by atoms with Gasteiger partial charge in [-0.15, -0.1) is 11.3 Å². The maximum absolute atomic E-state index is 15.7. The lowest BCUT2D eigenvalue weighted by Crippen LogP contribution is -2.49. The molecule has 4 aromatic rings. The Labute approximate surface area is 248 Å². The number of carbonyl (C=O) groups excluding carboxylic acids is 2. The van der Waals surface area contributed by atoms with Crippen molar-refractivity contribution < 1.29 is 23.1 Å². The summed E-state index contributed by atoms with van der Waals surface area (Å²) < 4.78 is 36.2. The minimum absolute atomic E-state index is 0.0615. The Balaban J connectivity index is 1.97. The summed E-state index contributed by atoms with van der Waals surface area (Å²) in [6, 6.07) is 10.6. The van der Waals surface area contributed by atoms with E-state index in [9.17, 15) is 14.0 Å². The quantitative estimate of drug-likeness (QED) is 0.224. The van der Waals surface area contributed by atoms with Crippen molar-refractivity contribution in [3.63, 3.8) is 0 Å². The van der Waals surface area contributed by atoms with Crippen LogP contribution in [-0.2, 0) is 11.3 Å². The first kappa shape index (κ1) is 29.9. The Morgan fingerprint density at radius 2 is 1.82 bits per heavy atom. The SMILES string of the molecule is COc1ccc(CN(C(=O)c2c(F)c(Br)cc3sc(C)nc23)C(C(=O)NC(C)(C)C)c2cc(F)ccc2Cl)cc1. The van der Waals surface area contributed by atoms with Crippen LogP contribution in [0.2, 0.25) is 5.02 Å². The van der Waals surface area contributed by atoms with E-state index in [4.69, 9.17) is 16.3 Å². The highest BCUT2D eigenvalue weighted by molar-refractivity contribution is 9.10. The van der Waals surface area contributed by atoms with Gasteiger partial charge in [0, 0.05) is 22.7 Å². The van der Waals surface area contributed by atoms with Gasteiger partial charge in [0.15, 0.2) is 5.82 Å². The number of methoxy groups -OCH3 is 1. The average molecular weight is 651 g/mol. The fraction of sp³-hybridized carbons (Fsp3) is 0.276. The van der Waals surface area contributed by atoms with E-state index in [2.05, 4.69) is 26.2 Å². The van der Waals surface area contributed by atoms with E-state index < -0.39 is 35.0 Å². The third-order valence-electron chi connectivity index (χ3n) is 5.98. The van der Waals surface area contributed by atoms with Gasteiger partial charge in [0.05, 0.1) is 26.8 Å². The van der Waals surface area contributed by atoms with E-state index in [1.165, 1.54) is 29.4 Å². The van der Waals surface area contributed by atoms with Gasteiger partial charge in [-0.2, -0.15) is 0 Å². The topological polar surface area (TPSA) is 71.5 Å². The van der Waals surface area contributed by atoms with Gasteiger partial charge < -0.3 is 15.0 Å². The molecule has 1 heterocycles. The number of carbonyl (C=O) groups is 2. The molecule has 40 heavy (non-hydrogen) atoms. The molecule has 0 aliphatic rings. The number of nitrogens with one attached hydrogen (secondary N) is 1. The molecule has 3 aromatic carbocycles. The van der Waals surface area contributed by atoms with E-state index in [1.54, 1.807) is 58.0 Å². The minimum atomic E-state index is -1.41. The van der Waals surface area contributed by atoms with Crippen LogP contribution >= 0.6 is 38.9 Å². The Bertz CT molecular complexity index is 1590. The van der Waals surface area contributed by atoms with Crippen molar-refractivity contribution in [3.05, 3.63) is 91.4 Å². The smallest absolute Gasteiger partial charge is 0.260 e. The third-order valence-corrected chi connectivity index (χ3v) is 7.82. The first-order chi connectivity index (χ1) is 18.8. The summed E-state index contributed by atoms with van der Waals surface area (Å²) >= 11 is 11.0. The molecule has 0 aliphatic carbocycles. The molecule has 0 radical (unpaired) electrons. The zero-order chi connectivity index (χ0) is 29.4. The highest BCUT2D eigenvalue weighted by Gasteiger charge is 2.37. The number of rotatable bonds is 7. The van der Waals surface area contributed by atoms with Crippen LogP contribution in [0.3, 0.4) is 0 Å². The van der Waals surface area contributed by atoms with E-state index in [1.807, 2.05) is 0 Å². The van der Waals surface area contributed by atoms with E-state index in [0.29, 0.717) is 21.0 Å². The predicted molar refractivity (Wildman–Crippen MR) is 157 cm³/mol. The molecule has 1 atom stereocenters. The molecule has 0 spiro atoms. The van der Waals surface area contributed by atoms with Crippen LogP contribution in [-0.4, -0.2) is 34.3 Å². The predicted octanol–water partition coefficient (Wildman–Crippen LogP) is 7.61. The lowest BCUT2D eigenvalue weighted by atomic mass is 9.99. The van der Waals surface area contributed by atoms with Crippen molar-refractivity contribution in [1.82, 2.24) is 15.2 Å². The number of fused-ring (bicyclic) bond motifs is 1.